The zero-order valence-corrected chi connectivity index (χ0v) is 47.4. The molecule has 12 rings (SSSR count). The van der Waals surface area contributed by atoms with Crippen molar-refractivity contribution in [2.24, 2.45) is 0 Å². The van der Waals surface area contributed by atoms with Gasteiger partial charge in [-0.15, -0.1) is 89.5 Å². The fourth-order valence-electron chi connectivity index (χ4n) is 7.04. The Morgan fingerprint density at radius 1 is 0.500 bits per heavy atom. The van der Waals surface area contributed by atoms with E-state index < -0.39 is 43.0 Å². The Morgan fingerprint density at radius 2 is 0.925 bits per heavy atom. The minimum atomic E-state index is -5.84. The summed E-state index contributed by atoms with van der Waals surface area (Å²) < 4.78 is 161. The first-order chi connectivity index (χ1) is 42.5. The van der Waals surface area contributed by atoms with Gasteiger partial charge in [-0.3, -0.25) is 9.54 Å². The molecule has 0 aliphatic heterocycles. The van der Waals surface area contributed by atoms with Gasteiger partial charge in [-0.2, -0.15) is 21.6 Å². The van der Waals surface area contributed by atoms with E-state index in [-0.39, 0.29) is 79.7 Å². The minimum absolute atomic E-state index is 0. The number of aryl methyl sites for hydroxylation is 4. The summed E-state index contributed by atoms with van der Waals surface area (Å²) in [7, 11) is -3.84. The first-order valence-corrected chi connectivity index (χ1v) is 24.1. The Kier molecular flexibility index (Phi) is 18.8. The molecule has 13 nitrogen and oxygen atoms in total. The normalized spacial score (nSPS) is 13.2. The van der Waals surface area contributed by atoms with Crippen molar-refractivity contribution in [3.8, 4) is 45.0 Å². The summed E-state index contributed by atoms with van der Waals surface area (Å²) in [4.78, 5) is 25.2. The zero-order valence-electron chi connectivity index (χ0n) is 53.8. The quantitative estimate of drug-likeness (QED) is 0.0855. The summed E-state index contributed by atoms with van der Waals surface area (Å²) in [5.41, 5.74) is 1.51. The van der Waals surface area contributed by atoms with Gasteiger partial charge in [0.15, 0.2) is 0 Å². The van der Waals surface area contributed by atoms with Crippen LogP contribution in [-0.4, -0.2) is 72.8 Å². The van der Waals surface area contributed by atoms with Crippen molar-refractivity contribution in [1.29, 1.82) is 0 Å². The smallest absolute Gasteiger partial charge is 0.486 e. The van der Waals surface area contributed by atoms with E-state index in [9.17, 15) is 13.2 Å². The molecule has 0 spiro atoms. The van der Waals surface area contributed by atoms with Crippen molar-refractivity contribution in [2.45, 2.75) is 32.9 Å². The summed E-state index contributed by atoms with van der Waals surface area (Å²) >= 11 is 0. The average Bonchev–Trinajstić information content (AvgIpc) is 1.58. The second-order valence-corrected chi connectivity index (χ2v) is 16.7. The van der Waals surface area contributed by atoms with Gasteiger partial charge >= 0.3 is 15.6 Å². The van der Waals surface area contributed by atoms with E-state index in [4.69, 9.17) is 48.5 Å². The predicted octanol–water partition coefficient (Wildman–Crippen LogP) is 13.8. The van der Waals surface area contributed by atoms with Crippen LogP contribution in [0.3, 0.4) is 0 Å². The van der Waals surface area contributed by atoms with Gasteiger partial charge in [0.25, 0.3) is 0 Å². The number of aromatic nitrogens is 6. The van der Waals surface area contributed by atoms with Crippen LogP contribution in [-0.2, 0) is 50.3 Å². The van der Waals surface area contributed by atoms with Crippen molar-refractivity contribution >= 4 is 54.3 Å². The van der Waals surface area contributed by atoms with Crippen molar-refractivity contribution in [3.63, 3.8) is 0 Å². The number of aliphatic hydroxyl groups is 2. The van der Waals surface area contributed by atoms with Crippen LogP contribution >= 0.6 is 0 Å². The molecule has 0 bridgehead atoms. The van der Waals surface area contributed by atoms with Gasteiger partial charge in [-0.25, -0.2) is 9.97 Å². The maximum absolute atomic E-state index is 10.7. The SMILES string of the molecule is CO.CO.O=S(=O)(O)C(F)(F)F.[2H]C([2H])([2H])c1ccc2c(n1)oc1c(-c3ccccn3)[c-]cc(C([2H])([2H])[2H])c12.[2H]C([2H])([2H])c1ccc2c(n1)oc1c(-c3ccccn3)ccc(C([2H])([2H])[2H])c12.[Ir].[Ir].[c-]1ccccc1-c1ccccn1.[c-]1ccccc1-c1ccccn1. The molecule has 3 N–H and O–H groups in total. The van der Waals surface area contributed by atoms with E-state index in [0.717, 1.165) is 36.7 Å². The minimum Gasteiger partial charge on any atom is -0.486 e. The molecular formula is C61H52F3Ir2N6O7S-3. The monoisotopic (exact) mass is 1470 g/mol. The van der Waals surface area contributed by atoms with Gasteiger partial charge in [0, 0.05) is 129 Å². The van der Waals surface area contributed by atoms with Crippen molar-refractivity contribution in [2.75, 3.05) is 14.2 Å². The zero-order chi connectivity index (χ0) is 66.2. The van der Waals surface area contributed by atoms with Crippen LogP contribution < -0.4 is 0 Å². The first-order valence-electron chi connectivity index (χ1n) is 28.7. The molecule has 416 valence electrons. The third-order valence-electron chi connectivity index (χ3n) is 10.4. The number of benzene rings is 4. The third kappa shape index (κ3) is 16.9. The van der Waals surface area contributed by atoms with E-state index in [1.807, 2.05) is 91.0 Å². The number of fused-ring (bicyclic) bond motifs is 6. The molecule has 8 heterocycles. The van der Waals surface area contributed by atoms with Crippen molar-refractivity contribution in [1.82, 2.24) is 29.9 Å². The van der Waals surface area contributed by atoms with Crippen LogP contribution in [0.1, 0.15) is 39.0 Å². The molecule has 0 aliphatic carbocycles. The molecule has 12 aromatic rings. The van der Waals surface area contributed by atoms with Crippen molar-refractivity contribution < 1.29 is 102 Å². The van der Waals surface area contributed by atoms with Crippen LogP contribution in [0.5, 0.6) is 0 Å². The van der Waals surface area contributed by atoms with E-state index in [1.54, 1.807) is 67.3 Å². The van der Waals surface area contributed by atoms with Gasteiger partial charge in [-0.05, 0) is 104 Å². The average molecular weight is 1470 g/mol. The van der Waals surface area contributed by atoms with Gasteiger partial charge in [0.2, 0.25) is 11.4 Å². The summed E-state index contributed by atoms with van der Waals surface area (Å²) in [5, 5.41) is 15.7. The van der Waals surface area contributed by atoms with Crippen LogP contribution in [0.4, 0.5) is 13.2 Å². The van der Waals surface area contributed by atoms with E-state index >= 15 is 0 Å². The van der Waals surface area contributed by atoms with Crippen LogP contribution in [0, 0.1) is 45.6 Å². The van der Waals surface area contributed by atoms with Gasteiger partial charge in [0.05, 0.1) is 11.3 Å². The molecule has 0 fully saturated rings. The topological polar surface area (TPSA) is 198 Å². The summed E-state index contributed by atoms with van der Waals surface area (Å²) in [5.74, 6) is 0. The summed E-state index contributed by atoms with van der Waals surface area (Å²) in [6.45, 7) is -9.53. The number of hydrogen-bond donors (Lipinski definition) is 3. The molecular weight excluding hydrogens is 1400 g/mol. The number of pyridine rings is 6. The second-order valence-electron chi connectivity index (χ2n) is 15.3. The van der Waals surface area contributed by atoms with Gasteiger partial charge < -0.3 is 34.0 Å². The molecule has 0 unspecified atom stereocenters. The Bertz CT molecular complexity index is 4040. The van der Waals surface area contributed by atoms with Gasteiger partial charge in [-0.1, -0.05) is 66.3 Å². The number of aliphatic hydroxyl groups excluding tert-OH is 2. The van der Waals surface area contributed by atoms with E-state index in [0.29, 0.717) is 49.6 Å². The fourth-order valence-corrected chi connectivity index (χ4v) is 7.04. The van der Waals surface area contributed by atoms with Crippen LogP contribution in [0.25, 0.3) is 89.2 Å². The van der Waals surface area contributed by atoms with Crippen molar-refractivity contribution in [3.05, 3.63) is 229 Å². The predicted molar refractivity (Wildman–Crippen MR) is 298 cm³/mol. The van der Waals surface area contributed by atoms with Crippen LogP contribution in [0.15, 0.2) is 197 Å². The van der Waals surface area contributed by atoms with Gasteiger partial charge in [0.1, 0.15) is 5.58 Å². The molecule has 2 radical (unpaired) electrons. The molecule has 0 saturated carbocycles. The maximum atomic E-state index is 10.7. The molecule has 19 heteroatoms. The van der Waals surface area contributed by atoms with E-state index in [2.05, 4.69) is 48.1 Å². The molecule has 8 aromatic heterocycles. The third-order valence-corrected chi connectivity index (χ3v) is 10.9. The van der Waals surface area contributed by atoms with Crippen LogP contribution in [0.2, 0.25) is 0 Å². The Morgan fingerprint density at radius 3 is 1.32 bits per heavy atom. The maximum Gasteiger partial charge on any atom is 0.522 e. The molecule has 0 saturated heterocycles. The Balaban J connectivity index is 0.000000257. The number of halogens is 3. The number of rotatable bonds is 4. The fraction of sp³-hybridized carbons (Fsp3) is 0.115. The number of hydrogen-bond acceptors (Lipinski definition) is 12. The molecule has 80 heavy (non-hydrogen) atoms. The largest absolute Gasteiger partial charge is 0.522 e. The number of furan rings is 2. The number of alkyl halides is 3. The molecule has 4 aromatic carbocycles. The standard InChI is InChI=1S/C18H14N2O.C18H13N2O.2C11H8N.CHF3O3S.2CH4O.2Ir/c2*1-11-6-8-13(15-5-3-4-10-19-15)17-16(11)14-9-7-12(2)20-18(14)21-17;2*1-2-6-10(7-3-1)11-8-4-5-9-12-11;2-1(3,4)8(5,6)7;2*1-2;;/h3-10H,1-2H3;3-7,9-10H,1-2H3;2*1-6,8-9H;(H,5,6,7);2*2H,1H3;;/q;3*-1;;;;;/i2*1D3,2D3;;;;;;;. The molecule has 0 amide bonds. The van der Waals surface area contributed by atoms with E-state index in [1.165, 1.54) is 30.3 Å². The Labute approximate surface area is 505 Å². The first kappa shape index (κ1) is 48.2. The Hall–Kier alpha value is -7.70. The second kappa shape index (κ2) is 31.2. The molecule has 0 aliphatic rings. The summed E-state index contributed by atoms with van der Waals surface area (Å²) in [6.07, 6.45) is 6.82. The molecule has 0 atom stereocenters. The summed E-state index contributed by atoms with van der Waals surface area (Å²) in [6, 6.07) is 57.7. The number of nitrogens with zero attached hydrogens (tertiary/aromatic N) is 6.